The SMILES string of the molecule is CC1(CNC(=O)C(C)(C)c2ccc(Cl)cc2)CCNCC1. The Bertz CT molecular complexity index is 490. The van der Waals surface area contributed by atoms with Crippen LogP contribution in [0.5, 0.6) is 0 Å². The first-order valence-corrected chi connectivity index (χ1v) is 7.96. The van der Waals surface area contributed by atoms with Crippen LogP contribution in [0.2, 0.25) is 5.02 Å². The quantitative estimate of drug-likeness (QED) is 0.897. The fourth-order valence-electron chi connectivity index (χ4n) is 2.72. The van der Waals surface area contributed by atoms with Crippen molar-refractivity contribution < 1.29 is 4.79 Å². The topological polar surface area (TPSA) is 41.1 Å². The van der Waals surface area contributed by atoms with Crippen LogP contribution in [0, 0.1) is 5.41 Å². The zero-order chi connectivity index (χ0) is 15.5. The molecule has 1 aromatic carbocycles. The number of rotatable bonds is 4. The summed E-state index contributed by atoms with van der Waals surface area (Å²) in [5.74, 6) is 0.0737. The van der Waals surface area contributed by atoms with Gasteiger partial charge in [-0.05, 0) is 62.9 Å². The number of carbonyl (C=O) groups excluding carboxylic acids is 1. The maximum Gasteiger partial charge on any atom is 0.230 e. The summed E-state index contributed by atoms with van der Waals surface area (Å²) in [6, 6.07) is 7.52. The summed E-state index contributed by atoms with van der Waals surface area (Å²) in [5, 5.41) is 7.20. The normalized spacial score (nSPS) is 18.3. The lowest BCUT2D eigenvalue weighted by atomic mass is 9.79. The Labute approximate surface area is 132 Å². The number of carbonyl (C=O) groups is 1. The monoisotopic (exact) mass is 308 g/mol. The number of amides is 1. The Morgan fingerprint density at radius 1 is 1.29 bits per heavy atom. The van der Waals surface area contributed by atoms with Crippen LogP contribution in [0.4, 0.5) is 0 Å². The molecule has 1 aliphatic heterocycles. The summed E-state index contributed by atoms with van der Waals surface area (Å²) in [5.41, 5.74) is 0.644. The first-order valence-electron chi connectivity index (χ1n) is 7.59. The Hall–Kier alpha value is -1.06. The first-order chi connectivity index (χ1) is 9.83. The van der Waals surface area contributed by atoms with Gasteiger partial charge in [0.15, 0.2) is 0 Å². The molecule has 116 valence electrons. The predicted molar refractivity (Wildman–Crippen MR) is 87.7 cm³/mol. The standard InChI is InChI=1S/C17H25ClN2O/c1-16(2,13-4-6-14(18)7-5-13)15(21)20-12-17(3)8-10-19-11-9-17/h4-7,19H,8-12H2,1-3H3,(H,20,21). The summed E-state index contributed by atoms with van der Waals surface area (Å²) in [4.78, 5) is 12.6. The van der Waals surface area contributed by atoms with Crippen molar-refractivity contribution in [3.63, 3.8) is 0 Å². The van der Waals surface area contributed by atoms with Crippen molar-refractivity contribution in [1.82, 2.24) is 10.6 Å². The Kier molecular flexibility index (Phi) is 4.95. The fourth-order valence-corrected chi connectivity index (χ4v) is 2.85. The summed E-state index contributed by atoms with van der Waals surface area (Å²) in [6.45, 7) is 8.97. The molecule has 21 heavy (non-hydrogen) atoms. The molecule has 1 heterocycles. The lowest BCUT2D eigenvalue weighted by Crippen LogP contribution is -2.47. The molecule has 1 aliphatic rings. The highest BCUT2D eigenvalue weighted by Gasteiger charge is 2.32. The van der Waals surface area contributed by atoms with E-state index in [0.29, 0.717) is 5.02 Å². The summed E-state index contributed by atoms with van der Waals surface area (Å²) in [6.07, 6.45) is 2.21. The predicted octanol–water partition coefficient (Wildman–Crippen LogP) is 3.12. The molecule has 0 radical (unpaired) electrons. The number of halogens is 1. The van der Waals surface area contributed by atoms with Crippen LogP contribution >= 0.6 is 11.6 Å². The van der Waals surface area contributed by atoms with E-state index in [1.165, 1.54) is 0 Å². The lowest BCUT2D eigenvalue weighted by Gasteiger charge is -2.35. The van der Waals surface area contributed by atoms with Crippen LogP contribution in [-0.2, 0) is 10.2 Å². The van der Waals surface area contributed by atoms with E-state index < -0.39 is 5.41 Å². The molecule has 1 saturated heterocycles. The minimum absolute atomic E-state index is 0.0737. The fraction of sp³-hybridized carbons (Fsp3) is 0.588. The molecule has 1 aromatic rings. The van der Waals surface area contributed by atoms with Crippen LogP contribution in [-0.4, -0.2) is 25.5 Å². The molecule has 0 saturated carbocycles. The summed E-state index contributed by atoms with van der Waals surface area (Å²) in [7, 11) is 0. The summed E-state index contributed by atoms with van der Waals surface area (Å²) < 4.78 is 0. The molecule has 0 aliphatic carbocycles. The third-order valence-corrected chi connectivity index (χ3v) is 4.87. The average molecular weight is 309 g/mol. The molecule has 4 heteroatoms. The zero-order valence-corrected chi connectivity index (χ0v) is 13.9. The van der Waals surface area contributed by atoms with Crippen molar-refractivity contribution in [3.05, 3.63) is 34.9 Å². The van der Waals surface area contributed by atoms with Gasteiger partial charge in [0, 0.05) is 11.6 Å². The Balaban J connectivity index is 1.99. The van der Waals surface area contributed by atoms with Crippen LogP contribution in [0.3, 0.4) is 0 Å². The largest absolute Gasteiger partial charge is 0.355 e. The van der Waals surface area contributed by atoms with Crippen LogP contribution in [0.15, 0.2) is 24.3 Å². The van der Waals surface area contributed by atoms with Gasteiger partial charge in [0.05, 0.1) is 5.41 Å². The van der Waals surface area contributed by atoms with E-state index in [1.807, 2.05) is 38.1 Å². The van der Waals surface area contributed by atoms with Gasteiger partial charge in [0.25, 0.3) is 0 Å². The molecule has 0 aromatic heterocycles. The second kappa shape index (κ2) is 6.37. The van der Waals surface area contributed by atoms with Crippen LogP contribution in [0.25, 0.3) is 0 Å². The Morgan fingerprint density at radius 2 is 1.86 bits per heavy atom. The minimum Gasteiger partial charge on any atom is -0.355 e. The van der Waals surface area contributed by atoms with E-state index in [1.54, 1.807) is 0 Å². The van der Waals surface area contributed by atoms with E-state index in [9.17, 15) is 4.79 Å². The lowest BCUT2D eigenvalue weighted by molar-refractivity contribution is -0.126. The van der Waals surface area contributed by atoms with Crippen molar-refractivity contribution in [2.24, 2.45) is 5.41 Å². The molecule has 0 spiro atoms. The second-order valence-electron chi connectivity index (χ2n) is 6.88. The van der Waals surface area contributed by atoms with Crippen molar-refractivity contribution >= 4 is 17.5 Å². The van der Waals surface area contributed by atoms with E-state index in [0.717, 1.165) is 38.0 Å². The number of benzene rings is 1. The second-order valence-corrected chi connectivity index (χ2v) is 7.31. The minimum atomic E-state index is -0.548. The molecular formula is C17H25ClN2O. The molecule has 1 fully saturated rings. The highest BCUT2D eigenvalue weighted by molar-refractivity contribution is 6.30. The first kappa shape index (κ1) is 16.3. The van der Waals surface area contributed by atoms with Crippen molar-refractivity contribution in [3.8, 4) is 0 Å². The summed E-state index contributed by atoms with van der Waals surface area (Å²) >= 11 is 5.92. The van der Waals surface area contributed by atoms with Gasteiger partial charge in [-0.1, -0.05) is 30.7 Å². The van der Waals surface area contributed by atoms with Gasteiger partial charge >= 0.3 is 0 Å². The van der Waals surface area contributed by atoms with Gasteiger partial charge in [-0.2, -0.15) is 0 Å². The van der Waals surface area contributed by atoms with E-state index in [-0.39, 0.29) is 11.3 Å². The van der Waals surface area contributed by atoms with Crippen molar-refractivity contribution in [2.45, 2.75) is 39.0 Å². The maximum absolute atomic E-state index is 12.6. The molecule has 0 bridgehead atoms. The van der Waals surface area contributed by atoms with Gasteiger partial charge in [-0.15, -0.1) is 0 Å². The maximum atomic E-state index is 12.6. The smallest absolute Gasteiger partial charge is 0.230 e. The van der Waals surface area contributed by atoms with Gasteiger partial charge in [0.2, 0.25) is 5.91 Å². The molecule has 3 nitrogen and oxygen atoms in total. The molecule has 0 atom stereocenters. The zero-order valence-electron chi connectivity index (χ0n) is 13.1. The third-order valence-electron chi connectivity index (χ3n) is 4.62. The van der Waals surface area contributed by atoms with Crippen molar-refractivity contribution in [2.75, 3.05) is 19.6 Å². The average Bonchev–Trinajstić information content (AvgIpc) is 2.46. The molecule has 2 N–H and O–H groups in total. The highest BCUT2D eigenvalue weighted by atomic mass is 35.5. The van der Waals surface area contributed by atoms with Gasteiger partial charge in [-0.3, -0.25) is 4.79 Å². The van der Waals surface area contributed by atoms with E-state index in [2.05, 4.69) is 17.6 Å². The highest BCUT2D eigenvalue weighted by Crippen LogP contribution is 2.28. The third kappa shape index (κ3) is 3.98. The van der Waals surface area contributed by atoms with E-state index >= 15 is 0 Å². The number of nitrogens with one attached hydrogen (secondary N) is 2. The van der Waals surface area contributed by atoms with Crippen molar-refractivity contribution in [1.29, 1.82) is 0 Å². The van der Waals surface area contributed by atoms with Gasteiger partial charge in [-0.25, -0.2) is 0 Å². The molecule has 1 amide bonds. The molecule has 0 unspecified atom stereocenters. The number of hydrogen-bond acceptors (Lipinski definition) is 2. The number of hydrogen-bond donors (Lipinski definition) is 2. The molecule has 2 rings (SSSR count). The van der Waals surface area contributed by atoms with Crippen LogP contribution < -0.4 is 10.6 Å². The number of piperidine rings is 1. The van der Waals surface area contributed by atoms with Crippen LogP contribution in [0.1, 0.15) is 39.2 Å². The van der Waals surface area contributed by atoms with Gasteiger partial charge in [0.1, 0.15) is 0 Å². The van der Waals surface area contributed by atoms with E-state index in [4.69, 9.17) is 11.6 Å². The Morgan fingerprint density at radius 3 is 2.43 bits per heavy atom. The molecular weight excluding hydrogens is 284 g/mol. The van der Waals surface area contributed by atoms with Gasteiger partial charge < -0.3 is 10.6 Å².